The maximum Gasteiger partial charge on any atom is 0.269 e. The number of aromatic nitrogens is 4. The van der Waals surface area contributed by atoms with Gasteiger partial charge in [-0.05, 0) is 31.0 Å². The molecule has 1 saturated carbocycles. The van der Waals surface area contributed by atoms with Crippen molar-refractivity contribution in [2.24, 2.45) is 5.73 Å². The van der Waals surface area contributed by atoms with Gasteiger partial charge < -0.3 is 15.0 Å². The van der Waals surface area contributed by atoms with Gasteiger partial charge in [0.1, 0.15) is 23.2 Å². The molecule has 3 aromatic heterocycles. The van der Waals surface area contributed by atoms with Crippen molar-refractivity contribution in [3.8, 4) is 17.1 Å². The van der Waals surface area contributed by atoms with Gasteiger partial charge in [0.05, 0.1) is 5.56 Å². The fourth-order valence-electron chi connectivity index (χ4n) is 2.55. The van der Waals surface area contributed by atoms with E-state index < -0.39 is 5.91 Å². The van der Waals surface area contributed by atoms with Crippen LogP contribution in [-0.2, 0) is 6.61 Å². The lowest BCUT2D eigenvalue weighted by Crippen LogP contribution is -2.13. The minimum absolute atomic E-state index is 0.0777. The zero-order valence-electron chi connectivity index (χ0n) is 13.6. The number of pyridine rings is 1. The molecule has 4 rings (SSSR count). The van der Waals surface area contributed by atoms with Gasteiger partial charge in [-0.25, -0.2) is 4.98 Å². The molecule has 1 fully saturated rings. The van der Waals surface area contributed by atoms with Crippen molar-refractivity contribution in [1.82, 2.24) is 20.3 Å². The fraction of sp³-hybridized carbons (Fsp3) is 0.235. The maximum atomic E-state index is 11.1. The van der Waals surface area contributed by atoms with Crippen LogP contribution in [0.25, 0.3) is 11.3 Å². The van der Waals surface area contributed by atoms with Crippen molar-refractivity contribution < 1.29 is 14.1 Å². The third kappa shape index (κ3) is 3.36. The highest BCUT2D eigenvalue weighted by Crippen LogP contribution is 2.44. The van der Waals surface area contributed by atoms with E-state index >= 15 is 0 Å². The van der Waals surface area contributed by atoms with E-state index in [1.54, 1.807) is 18.3 Å². The molecule has 0 unspecified atom stereocenters. The molecule has 0 radical (unpaired) electrons. The second-order valence-corrected chi connectivity index (χ2v) is 6.31. The zero-order valence-corrected chi connectivity index (χ0v) is 14.3. The summed E-state index contributed by atoms with van der Waals surface area (Å²) in [6.45, 7) is 0.206. The number of hydrogen-bond acceptors (Lipinski definition) is 7. The normalized spacial score (nSPS) is 13.6. The van der Waals surface area contributed by atoms with E-state index in [9.17, 15) is 4.79 Å². The van der Waals surface area contributed by atoms with Gasteiger partial charge in [0, 0.05) is 23.7 Å². The average molecular weight is 372 g/mol. The second kappa shape index (κ2) is 6.72. The van der Waals surface area contributed by atoms with Crippen LogP contribution in [0.4, 0.5) is 0 Å². The third-order valence-electron chi connectivity index (χ3n) is 4.02. The molecular weight excluding hydrogens is 358 g/mol. The Morgan fingerprint density at radius 1 is 1.27 bits per heavy atom. The molecule has 2 N–H and O–H groups in total. The van der Waals surface area contributed by atoms with Crippen molar-refractivity contribution in [2.75, 3.05) is 0 Å². The van der Waals surface area contributed by atoms with E-state index in [4.69, 9.17) is 26.6 Å². The molecule has 3 aromatic rings. The number of nitrogens with two attached hydrogens (primary N) is 1. The first-order valence-electron chi connectivity index (χ1n) is 7.98. The standard InChI is InChI=1S/C17H14ClN5O3/c18-13-5-3-10(7-20-13)15-11(16(26-23-15)9-1-2-9)8-25-14-6-4-12(17(19)24)21-22-14/h3-7,9H,1-2,8H2,(H2,19,24). The molecule has 3 heterocycles. The topological polar surface area (TPSA) is 117 Å². The summed E-state index contributed by atoms with van der Waals surface area (Å²) in [7, 11) is 0. The monoisotopic (exact) mass is 371 g/mol. The molecule has 0 spiro atoms. The molecule has 8 nitrogen and oxygen atoms in total. The lowest BCUT2D eigenvalue weighted by atomic mass is 10.1. The van der Waals surface area contributed by atoms with Crippen LogP contribution in [0.15, 0.2) is 35.0 Å². The number of hydrogen-bond donors (Lipinski definition) is 1. The molecule has 1 aliphatic carbocycles. The number of amides is 1. The van der Waals surface area contributed by atoms with Crippen LogP contribution < -0.4 is 10.5 Å². The summed E-state index contributed by atoms with van der Waals surface area (Å²) in [5.74, 6) is 0.810. The Morgan fingerprint density at radius 3 is 2.73 bits per heavy atom. The lowest BCUT2D eigenvalue weighted by Gasteiger charge is -2.06. The Labute approximate surface area is 153 Å². The summed E-state index contributed by atoms with van der Waals surface area (Å²) in [5, 5.41) is 12.2. The van der Waals surface area contributed by atoms with Crippen LogP contribution >= 0.6 is 11.6 Å². The van der Waals surface area contributed by atoms with Gasteiger partial charge in [-0.15, -0.1) is 10.2 Å². The summed E-state index contributed by atoms with van der Waals surface area (Å²) in [6, 6.07) is 6.53. The lowest BCUT2D eigenvalue weighted by molar-refractivity contribution is 0.0994. The van der Waals surface area contributed by atoms with Crippen LogP contribution in [0, 0.1) is 0 Å². The van der Waals surface area contributed by atoms with Gasteiger partial charge in [-0.3, -0.25) is 4.79 Å². The molecule has 26 heavy (non-hydrogen) atoms. The Bertz CT molecular complexity index is 936. The number of ether oxygens (including phenoxy) is 1. The van der Waals surface area contributed by atoms with E-state index in [1.165, 1.54) is 6.07 Å². The smallest absolute Gasteiger partial charge is 0.269 e. The Balaban J connectivity index is 1.59. The molecule has 9 heteroatoms. The first-order valence-corrected chi connectivity index (χ1v) is 8.36. The molecule has 1 aliphatic rings. The highest BCUT2D eigenvalue weighted by atomic mass is 35.5. The van der Waals surface area contributed by atoms with Gasteiger partial charge in [0.25, 0.3) is 5.91 Å². The summed E-state index contributed by atoms with van der Waals surface area (Å²) in [5.41, 5.74) is 7.53. The summed E-state index contributed by atoms with van der Waals surface area (Å²) in [4.78, 5) is 15.1. The number of primary amides is 1. The number of carbonyl (C=O) groups is 1. The maximum absolute atomic E-state index is 11.1. The number of nitrogens with zero attached hydrogens (tertiary/aromatic N) is 4. The number of halogens is 1. The second-order valence-electron chi connectivity index (χ2n) is 5.93. The highest BCUT2D eigenvalue weighted by molar-refractivity contribution is 6.29. The first-order chi connectivity index (χ1) is 12.6. The Morgan fingerprint density at radius 2 is 2.12 bits per heavy atom. The van der Waals surface area contributed by atoms with Gasteiger partial charge in [0.2, 0.25) is 5.88 Å². The fourth-order valence-corrected chi connectivity index (χ4v) is 2.66. The first kappa shape index (κ1) is 16.5. The van der Waals surface area contributed by atoms with Crippen molar-refractivity contribution >= 4 is 17.5 Å². The van der Waals surface area contributed by atoms with Crippen LogP contribution in [0.3, 0.4) is 0 Å². The van der Waals surface area contributed by atoms with E-state index in [0.717, 1.165) is 29.7 Å². The largest absolute Gasteiger partial charge is 0.472 e. The van der Waals surface area contributed by atoms with Crippen molar-refractivity contribution in [2.45, 2.75) is 25.4 Å². The Hall–Kier alpha value is -3.00. The van der Waals surface area contributed by atoms with Gasteiger partial charge in [-0.1, -0.05) is 16.8 Å². The average Bonchev–Trinajstić information content (AvgIpc) is 3.41. The van der Waals surface area contributed by atoms with Crippen LogP contribution in [0.1, 0.15) is 40.6 Å². The molecule has 0 saturated heterocycles. The van der Waals surface area contributed by atoms with E-state index in [0.29, 0.717) is 16.8 Å². The summed E-state index contributed by atoms with van der Waals surface area (Å²) in [6.07, 6.45) is 3.77. The van der Waals surface area contributed by atoms with Gasteiger partial charge >= 0.3 is 0 Å². The molecule has 1 amide bonds. The predicted molar refractivity (Wildman–Crippen MR) is 91.6 cm³/mol. The van der Waals surface area contributed by atoms with E-state index in [1.807, 2.05) is 6.07 Å². The predicted octanol–water partition coefficient (Wildman–Crippen LogP) is 2.74. The highest BCUT2D eigenvalue weighted by Gasteiger charge is 2.33. The molecule has 132 valence electrons. The van der Waals surface area contributed by atoms with Crippen LogP contribution in [-0.4, -0.2) is 26.2 Å². The minimum Gasteiger partial charge on any atom is -0.472 e. The van der Waals surface area contributed by atoms with E-state index in [2.05, 4.69) is 20.3 Å². The van der Waals surface area contributed by atoms with Gasteiger partial charge in [-0.2, -0.15) is 0 Å². The number of rotatable bonds is 6. The summed E-state index contributed by atoms with van der Waals surface area (Å²) < 4.78 is 11.3. The number of carbonyl (C=O) groups excluding carboxylic acids is 1. The van der Waals surface area contributed by atoms with Crippen molar-refractivity contribution in [3.63, 3.8) is 0 Å². The molecule has 0 bridgehead atoms. The van der Waals surface area contributed by atoms with Crippen LogP contribution in [0.5, 0.6) is 5.88 Å². The third-order valence-corrected chi connectivity index (χ3v) is 4.25. The molecule has 0 aromatic carbocycles. The van der Waals surface area contributed by atoms with Gasteiger partial charge in [0.15, 0.2) is 5.69 Å². The van der Waals surface area contributed by atoms with Crippen molar-refractivity contribution in [1.29, 1.82) is 0 Å². The van der Waals surface area contributed by atoms with Crippen LogP contribution in [0.2, 0.25) is 5.15 Å². The Kier molecular flexibility index (Phi) is 4.26. The zero-order chi connectivity index (χ0) is 18.1. The SMILES string of the molecule is NC(=O)c1ccc(OCc2c(-c3ccc(Cl)nc3)noc2C2CC2)nn1. The quantitative estimate of drug-likeness (QED) is 0.662. The molecular formula is C17H14ClN5O3. The molecule has 0 aliphatic heterocycles. The molecule has 0 atom stereocenters. The summed E-state index contributed by atoms with van der Waals surface area (Å²) >= 11 is 5.85. The van der Waals surface area contributed by atoms with E-state index in [-0.39, 0.29) is 18.2 Å². The minimum atomic E-state index is -0.642. The van der Waals surface area contributed by atoms with Crippen molar-refractivity contribution in [3.05, 3.63) is 52.6 Å².